The van der Waals surface area contributed by atoms with E-state index < -0.39 is 10.4 Å². The van der Waals surface area contributed by atoms with Crippen molar-refractivity contribution in [3.8, 4) is 0 Å². The quantitative estimate of drug-likeness (QED) is 0.312. The van der Waals surface area contributed by atoms with Crippen LogP contribution in [0, 0.1) is 0 Å². The summed E-state index contributed by atoms with van der Waals surface area (Å²) in [6.07, 6.45) is 0. The Bertz CT molecular complexity index is 229. The first-order chi connectivity index (χ1) is 4.89. The van der Waals surface area contributed by atoms with E-state index in [-0.39, 0.29) is 11.7 Å². The van der Waals surface area contributed by atoms with E-state index in [1.54, 1.807) is 21.8 Å². The Morgan fingerprint density at radius 2 is 2.00 bits per heavy atom. The number of nitrogens with zero attached hydrogens (tertiary/aromatic N) is 1. The molecule has 11 heavy (non-hydrogen) atoms. The van der Waals surface area contributed by atoms with Crippen molar-refractivity contribution in [3.63, 3.8) is 0 Å². The van der Waals surface area contributed by atoms with Gasteiger partial charge in [0.05, 0.1) is 5.54 Å². The van der Waals surface area contributed by atoms with Gasteiger partial charge < -0.3 is 4.81 Å². The molecular weight excluding hydrogens is 209 g/mol. The second-order valence-corrected chi connectivity index (χ2v) is 4.10. The van der Waals surface area contributed by atoms with E-state index in [9.17, 15) is 9.59 Å². The first kappa shape index (κ1) is 8.78. The lowest BCUT2D eigenvalue weighted by atomic mass is 9.98. The number of hydrogen-bond donors (Lipinski definition) is 0. The van der Waals surface area contributed by atoms with Crippen molar-refractivity contribution in [1.29, 1.82) is 0 Å². The van der Waals surface area contributed by atoms with Gasteiger partial charge in [-0.1, -0.05) is 15.9 Å². The number of rotatable bonds is 0. The number of carbonyl (C=O) groups is 2. The molecule has 0 saturated carbocycles. The first-order valence-electron chi connectivity index (χ1n) is 3.35. The van der Waals surface area contributed by atoms with Crippen LogP contribution in [0.4, 0.5) is 0 Å². The summed E-state index contributed by atoms with van der Waals surface area (Å²) < 4.78 is 0. The van der Waals surface area contributed by atoms with Gasteiger partial charge in [-0.2, -0.15) is 0 Å². The molecule has 1 fully saturated rings. The zero-order chi connectivity index (χ0) is 8.81. The van der Waals surface area contributed by atoms with Crippen LogP contribution in [0.15, 0.2) is 0 Å². The van der Waals surface area contributed by atoms with Gasteiger partial charge in [-0.25, -0.2) is 0 Å². The van der Waals surface area contributed by atoms with Crippen LogP contribution in [-0.4, -0.2) is 34.8 Å². The number of alkyl halides is 1. The minimum atomic E-state index is -0.648. The highest BCUT2D eigenvalue weighted by molar-refractivity contribution is 9.10. The first-order valence-corrected chi connectivity index (χ1v) is 4.26. The van der Waals surface area contributed by atoms with Gasteiger partial charge >= 0.3 is 0 Å². The molecule has 60 valence electrons. The molecule has 1 aliphatic heterocycles. The second kappa shape index (κ2) is 2.34. The molecular formula is C6H9BBrNO2. The molecule has 1 aliphatic rings. The summed E-state index contributed by atoms with van der Waals surface area (Å²) in [6, 6.07) is 0. The van der Waals surface area contributed by atoms with Crippen LogP contribution in [0.2, 0.25) is 0 Å². The highest BCUT2D eigenvalue weighted by Crippen LogP contribution is 2.27. The van der Waals surface area contributed by atoms with E-state index >= 15 is 0 Å². The summed E-state index contributed by atoms with van der Waals surface area (Å²) in [5, 5.41) is 0. The predicted molar refractivity (Wildman–Crippen MR) is 47.2 cm³/mol. The van der Waals surface area contributed by atoms with Crippen molar-refractivity contribution in [2.75, 3.05) is 0 Å². The average molecular weight is 218 g/mol. The zero-order valence-corrected chi connectivity index (χ0v) is 8.31. The molecule has 5 heteroatoms. The number of halogens is 1. The SMILES string of the molecule is BN1C(=O)C(Br)C(=O)C1(C)C. The maximum Gasteiger partial charge on any atom is 0.232 e. The molecule has 0 radical (unpaired) electrons. The average Bonchev–Trinajstić information content (AvgIpc) is 2.06. The van der Waals surface area contributed by atoms with Gasteiger partial charge in [-0.05, 0) is 13.8 Å². The molecule has 0 spiro atoms. The van der Waals surface area contributed by atoms with E-state index in [1.807, 2.05) is 0 Å². The summed E-state index contributed by atoms with van der Waals surface area (Å²) in [5.74, 6) is -0.218. The van der Waals surface area contributed by atoms with E-state index in [0.29, 0.717) is 0 Å². The normalized spacial score (nSPS) is 29.7. The minimum absolute atomic E-state index is 0.0648. The lowest BCUT2D eigenvalue weighted by Crippen LogP contribution is -2.42. The molecule has 1 atom stereocenters. The monoisotopic (exact) mass is 217 g/mol. The highest BCUT2D eigenvalue weighted by Gasteiger charge is 2.48. The van der Waals surface area contributed by atoms with Gasteiger partial charge in [0, 0.05) is 0 Å². The smallest absolute Gasteiger partial charge is 0.232 e. The van der Waals surface area contributed by atoms with Crippen LogP contribution in [0.25, 0.3) is 0 Å². The van der Waals surface area contributed by atoms with Gasteiger partial charge in [0.1, 0.15) is 0 Å². The molecule has 0 N–H and O–H groups in total. The van der Waals surface area contributed by atoms with Crippen LogP contribution >= 0.6 is 15.9 Å². The Morgan fingerprint density at radius 1 is 1.55 bits per heavy atom. The molecule has 1 rings (SSSR count). The molecule has 0 bridgehead atoms. The third-order valence-electron chi connectivity index (χ3n) is 2.22. The maximum absolute atomic E-state index is 11.3. The lowest BCUT2D eigenvalue weighted by Gasteiger charge is -2.25. The van der Waals surface area contributed by atoms with Gasteiger partial charge in [-0.3, -0.25) is 9.59 Å². The standard InChI is InChI=1S/C6H9BBrNO2/c1-6(2)4(10)3(8)5(11)9(6)7/h3H,7H2,1-2H3. The summed E-state index contributed by atoms with van der Waals surface area (Å²) >= 11 is 3.04. The number of carbonyl (C=O) groups excluding carboxylic acids is 2. The fourth-order valence-electron chi connectivity index (χ4n) is 1.03. The van der Waals surface area contributed by atoms with Gasteiger partial charge in [-0.15, -0.1) is 0 Å². The van der Waals surface area contributed by atoms with Crippen LogP contribution < -0.4 is 0 Å². The molecule has 0 aromatic heterocycles. The van der Waals surface area contributed by atoms with Crippen molar-refractivity contribution in [3.05, 3.63) is 0 Å². The Hall–Kier alpha value is -0.315. The third kappa shape index (κ3) is 1.02. The molecule has 3 nitrogen and oxygen atoms in total. The van der Waals surface area contributed by atoms with E-state index in [2.05, 4.69) is 15.9 Å². The maximum atomic E-state index is 11.3. The van der Waals surface area contributed by atoms with Crippen molar-refractivity contribution < 1.29 is 9.59 Å². The molecule has 0 aromatic carbocycles. The topological polar surface area (TPSA) is 37.4 Å². The van der Waals surface area contributed by atoms with Crippen LogP contribution in [0.5, 0.6) is 0 Å². The fourth-order valence-corrected chi connectivity index (χ4v) is 1.90. The molecule has 0 aromatic rings. The number of Topliss-reactive ketones (excluding diaryl/α,β-unsaturated/α-hetero) is 1. The number of amides is 1. The van der Waals surface area contributed by atoms with Gasteiger partial charge in [0.2, 0.25) is 13.9 Å². The fraction of sp³-hybridized carbons (Fsp3) is 0.667. The molecule has 0 aliphatic carbocycles. The third-order valence-corrected chi connectivity index (χ3v) is 3.03. The van der Waals surface area contributed by atoms with Gasteiger partial charge in [0.25, 0.3) is 0 Å². The molecule has 1 saturated heterocycles. The number of ketones is 1. The Kier molecular flexibility index (Phi) is 1.86. The largest absolute Gasteiger partial charge is 0.381 e. The summed E-state index contributed by atoms with van der Waals surface area (Å²) in [4.78, 5) is 23.4. The Balaban J connectivity index is 3.06. The number of hydrogen-bond acceptors (Lipinski definition) is 2. The zero-order valence-electron chi connectivity index (χ0n) is 6.72. The van der Waals surface area contributed by atoms with Gasteiger partial charge in [0.15, 0.2) is 10.6 Å². The van der Waals surface area contributed by atoms with Crippen molar-refractivity contribution in [2.45, 2.75) is 24.2 Å². The van der Waals surface area contributed by atoms with Crippen LogP contribution in [0.1, 0.15) is 13.8 Å². The summed E-state index contributed by atoms with van der Waals surface area (Å²) in [5.41, 5.74) is -0.648. The van der Waals surface area contributed by atoms with Crippen molar-refractivity contribution >= 4 is 35.6 Å². The minimum Gasteiger partial charge on any atom is -0.381 e. The molecule has 1 heterocycles. The lowest BCUT2D eigenvalue weighted by molar-refractivity contribution is -0.125. The van der Waals surface area contributed by atoms with Crippen LogP contribution in [-0.2, 0) is 9.59 Å². The Labute approximate surface area is 74.7 Å². The predicted octanol–water partition coefficient (Wildman–Crippen LogP) is -0.512. The highest BCUT2D eigenvalue weighted by atomic mass is 79.9. The summed E-state index contributed by atoms with van der Waals surface area (Å²) in [7, 11) is 1.64. The van der Waals surface area contributed by atoms with E-state index in [1.165, 1.54) is 4.81 Å². The summed E-state index contributed by atoms with van der Waals surface area (Å²) in [6.45, 7) is 3.49. The molecule has 1 amide bonds. The van der Waals surface area contributed by atoms with Crippen LogP contribution in [0.3, 0.4) is 0 Å². The molecule has 1 unspecified atom stereocenters. The van der Waals surface area contributed by atoms with Crippen molar-refractivity contribution in [2.24, 2.45) is 0 Å². The second-order valence-electron chi connectivity index (χ2n) is 3.18. The van der Waals surface area contributed by atoms with E-state index in [0.717, 1.165) is 0 Å². The van der Waals surface area contributed by atoms with E-state index in [4.69, 9.17) is 0 Å². The Morgan fingerprint density at radius 3 is 2.09 bits per heavy atom. The van der Waals surface area contributed by atoms with Crippen molar-refractivity contribution in [1.82, 2.24) is 4.81 Å².